The van der Waals surface area contributed by atoms with Gasteiger partial charge in [0.05, 0.1) is 11.3 Å². The molecule has 0 saturated carbocycles. The van der Waals surface area contributed by atoms with Crippen LogP contribution in [0.25, 0.3) is 11.4 Å². The van der Waals surface area contributed by atoms with E-state index in [2.05, 4.69) is 30.5 Å². The molecule has 8 nitrogen and oxygen atoms in total. The summed E-state index contributed by atoms with van der Waals surface area (Å²) in [6.07, 6.45) is -3.95. The van der Waals surface area contributed by atoms with Gasteiger partial charge in [-0.1, -0.05) is 24.3 Å². The van der Waals surface area contributed by atoms with Gasteiger partial charge >= 0.3 is 6.18 Å². The number of hydrogen-bond acceptors (Lipinski definition) is 7. The van der Waals surface area contributed by atoms with Crippen LogP contribution in [-0.2, 0) is 12.6 Å². The third-order valence-electron chi connectivity index (χ3n) is 4.33. The van der Waals surface area contributed by atoms with Crippen LogP contribution in [0, 0.1) is 0 Å². The van der Waals surface area contributed by atoms with Gasteiger partial charge in [0.2, 0.25) is 11.9 Å². The second kappa shape index (κ2) is 7.94. The van der Waals surface area contributed by atoms with Gasteiger partial charge in [0.1, 0.15) is 5.82 Å². The number of nitrogens with one attached hydrogen (secondary N) is 2. The van der Waals surface area contributed by atoms with Gasteiger partial charge in [-0.05, 0) is 29.8 Å². The molecule has 0 unspecified atom stereocenters. The number of nitrogen functional groups attached to an aromatic ring is 2. The molecule has 0 aliphatic carbocycles. The van der Waals surface area contributed by atoms with Crippen molar-refractivity contribution in [3.05, 3.63) is 71.4 Å². The van der Waals surface area contributed by atoms with Crippen molar-refractivity contribution in [3.63, 3.8) is 0 Å². The summed E-state index contributed by atoms with van der Waals surface area (Å²) >= 11 is 0. The fraction of sp³-hybridized carbons (Fsp3) is 0.100. The standard InChI is InChI=1S/C20H17F3N8/c21-20(22,23)13-5-2-6-14(9-13)27-19-29-17(30-31-19)12-4-1-3-11(7-12)8-15-10-16(24)28-18(25)26-15/h1-7,9-10H,8H2,(H4,24,25,26,28)(H2,27,29,30,31). The molecule has 4 aromatic rings. The number of nitrogens with zero attached hydrogens (tertiary/aromatic N) is 4. The van der Waals surface area contributed by atoms with E-state index >= 15 is 0 Å². The molecule has 158 valence electrons. The van der Waals surface area contributed by atoms with E-state index in [0.29, 0.717) is 23.8 Å². The first-order valence-electron chi connectivity index (χ1n) is 9.11. The number of anilines is 4. The zero-order chi connectivity index (χ0) is 22.0. The van der Waals surface area contributed by atoms with E-state index < -0.39 is 11.7 Å². The Morgan fingerprint density at radius 1 is 0.935 bits per heavy atom. The normalized spacial score (nSPS) is 11.5. The minimum absolute atomic E-state index is 0.103. The van der Waals surface area contributed by atoms with E-state index in [0.717, 1.165) is 23.3 Å². The van der Waals surface area contributed by atoms with Crippen molar-refractivity contribution in [3.8, 4) is 11.4 Å². The summed E-state index contributed by atoms with van der Waals surface area (Å²) in [7, 11) is 0. The maximum atomic E-state index is 12.9. The van der Waals surface area contributed by atoms with E-state index in [9.17, 15) is 13.2 Å². The third-order valence-corrected chi connectivity index (χ3v) is 4.33. The van der Waals surface area contributed by atoms with Crippen LogP contribution < -0.4 is 16.8 Å². The molecule has 2 aromatic carbocycles. The van der Waals surface area contributed by atoms with Crippen molar-refractivity contribution in [2.75, 3.05) is 16.8 Å². The zero-order valence-electron chi connectivity index (χ0n) is 16.0. The summed E-state index contributed by atoms with van der Waals surface area (Å²) in [6.45, 7) is 0. The first-order valence-corrected chi connectivity index (χ1v) is 9.11. The van der Waals surface area contributed by atoms with Gasteiger partial charge in [0.15, 0.2) is 5.82 Å². The molecule has 0 radical (unpaired) electrons. The van der Waals surface area contributed by atoms with Gasteiger partial charge in [-0.25, -0.2) is 4.98 Å². The highest BCUT2D eigenvalue weighted by Crippen LogP contribution is 2.31. The van der Waals surface area contributed by atoms with Crippen LogP contribution in [0.15, 0.2) is 54.6 Å². The van der Waals surface area contributed by atoms with Gasteiger partial charge in [-0.2, -0.15) is 23.1 Å². The van der Waals surface area contributed by atoms with E-state index in [4.69, 9.17) is 11.5 Å². The Kier molecular flexibility index (Phi) is 5.15. The zero-order valence-corrected chi connectivity index (χ0v) is 16.0. The summed E-state index contributed by atoms with van der Waals surface area (Å²) in [5, 5.41) is 9.59. The lowest BCUT2D eigenvalue weighted by molar-refractivity contribution is -0.137. The highest BCUT2D eigenvalue weighted by atomic mass is 19.4. The molecule has 0 aliphatic heterocycles. The van der Waals surface area contributed by atoms with Gasteiger partial charge in [0, 0.05) is 23.7 Å². The van der Waals surface area contributed by atoms with Crippen molar-refractivity contribution in [1.82, 2.24) is 25.1 Å². The fourth-order valence-electron chi connectivity index (χ4n) is 3.02. The Hall–Kier alpha value is -4.15. The monoisotopic (exact) mass is 426 g/mol. The van der Waals surface area contributed by atoms with Crippen molar-refractivity contribution >= 4 is 23.4 Å². The third kappa shape index (κ3) is 4.89. The molecular weight excluding hydrogens is 409 g/mol. The smallest absolute Gasteiger partial charge is 0.384 e. The average molecular weight is 426 g/mol. The molecule has 0 atom stereocenters. The Bertz CT molecular complexity index is 1200. The maximum absolute atomic E-state index is 12.9. The van der Waals surface area contributed by atoms with Gasteiger partial charge in [-0.15, -0.1) is 5.10 Å². The number of alkyl halides is 3. The topological polar surface area (TPSA) is 131 Å². The molecule has 0 bridgehead atoms. The summed E-state index contributed by atoms with van der Waals surface area (Å²) in [5.74, 6) is 1.00. The number of halogens is 3. The van der Waals surface area contributed by atoms with E-state index in [1.54, 1.807) is 6.07 Å². The van der Waals surface area contributed by atoms with Gasteiger partial charge in [-0.3, -0.25) is 5.10 Å². The molecule has 2 heterocycles. The quantitative estimate of drug-likeness (QED) is 0.382. The van der Waals surface area contributed by atoms with E-state index in [1.165, 1.54) is 12.1 Å². The number of H-pyrrole nitrogens is 1. The minimum atomic E-state index is -4.43. The first-order chi connectivity index (χ1) is 14.8. The molecule has 6 N–H and O–H groups in total. The number of benzene rings is 2. The molecule has 0 aliphatic rings. The van der Waals surface area contributed by atoms with Crippen LogP contribution in [0.5, 0.6) is 0 Å². The molecule has 0 spiro atoms. The SMILES string of the molecule is Nc1cc(Cc2cccc(-c3nc(Nc4cccc(C(F)(F)F)c4)n[nH]3)c2)nc(N)n1. The number of rotatable bonds is 5. The van der Waals surface area contributed by atoms with Crippen molar-refractivity contribution in [1.29, 1.82) is 0 Å². The number of aromatic amines is 1. The van der Waals surface area contributed by atoms with Crippen LogP contribution in [-0.4, -0.2) is 25.1 Å². The Morgan fingerprint density at radius 2 is 1.74 bits per heavy atom. The van der Waals surface area contributed by atoms with Crippen molar-refractivity contribution in [2.45, 2.75) is 12.6 Å². The summed E-state index contributed by atoms with van der Waals surface area (Å²) < 4.78 is 38.7. The Morgan fingerprint density at radius 3 is 2.52 bits per heavy atom. The molecule has 2 aromatic heterocycles. The molecule has 0 amide bonds. The van der Waals surface area contributed by atoms with E-state index in [-0.39, 0.29) is 17.6 Å². The largest absolute Gasteiger partial charge is 0.416 e. The molecular formula is C20H17F3N8. The number of hydrogen-bond donors (Lipinski definition) is 4. The summed E-state index contributed by atoms with van der Waals surface area (Å²) in [6, 6.07) is 13.9. The van der Waals surface area contributed by atoms with E-state index in [1.807, 2.05) is 24.3 Å². The van der Waals surface area contributed by atoms with Crippen LogP contribution in [0.3, 0.4) is 0 Å². The average Bonchev–Trinajstić information content (AvgIpc) is 3.15. The predicted octanol–water partition coefficient (Wildman–Crippen LogP) is 3.78. The van der Waals surface area contributed by atoms with Gasteiger partial charge in [0.25, 0.3) is 0 Å². The second-order valence-electron chi connectivity index (χ2n) is 6.73. The Labute approximate surface area is 174 Å². The molecule has 0 saturated heterocycles. The molecule has 0 fully saturated rings. The fourth-order valence-corrected chi connectivity index (χ4v) is 3.02. The van der Waals surface area contributed by atoms with Crippen molar-refractivity contribution < 1.29 is 13.2 Å². The van der Waals surface area contributed by atoms with Gasteiger partial charge < -0.3 is 16.8 Å². The van der Waals surface area contributed by atoms with Crippen LogP contribution >= 0.6 is 0 Å². The molecule has 11 heteroatoms. The molecule has 31 heavy (non-hydrogen) atoms. The van der Waals surface area contributed by atoms with Crippen LogP contribution in [0.1, 0.15) is 16.8 Å². The number of aromatic nitrogens is 5. The summed E-state index contributed by atoms with van der Waals surface area (Å²) in [4.78, 5) is 12.3. The highest BCUT2D eigenvalue weighted by molar-refractivity contribution is 5.60. The first kappa shape index (κ1) is 20.1. The van der Waals surface area contributed by atoms with Crippen LogP contribution in [0.2, 0.25) is 0 Å². The number of nitrogens with two attached hydrogens (primary N) is 2. The second-order valence-corrected chi connectivity index (χ2v) is 6.73. The minimum Gasteiger partial charge on any atom is -0.384 e. The summed E-state index contributed by atoms with van der Waals surface area (Å²) in [5.41, 5.74) is 13.2. The lowest BCUT2D eigenvalue weighted by atomic mass is 10.1. The highest BCUT2D eigenvalue weighted by Gasteiger charge is 2.30. The predicted molar refractivity (Wildman–Crippen MR) is 110 cm³/mol. The molecule has 4 rings (SSSR count). The maximum Gasteiger partial charge on any atom is 0.416 e. The Balaban J connectivity index is 1.52. The van der Waals surface area contributed by atoms with Crippen molar-refractivity contribution in [2.24, 2.45) is 0 Å². The van der Waals surface area contributed by atoms with Crippen LogP contribution in [0.4, 0.5) is 36.6 Å². The lowest BCUT2D eigenvalue weighted by Gasteiger charge is -2.08. The lowest BCUT2D eigenvalue weighted by Crippen LogP contribution is -2.05.